The number of hydrogen-bond donors (Lipinski definition) is 2. The summed E-state index contributed by atoms with van der Waals surface area (Å²) >= 11 is 0. The molecule has 4 aromatic rings. The average molecular weight is 481 g/mol. The summed E-state index contributed by atoms with van der Waals surface area (Å²) in [5.41, 5.74) is 3.57. The molecule has 3 heterocycles. The summed E-state index contributed by atoms with van der Waals surface area (Å²) in [6, 6.07) is 23.0. The smallest absolute Gasteiger partial charge is 0.255 e. The number of piperidine rings is 1. The molecule has 1 aliphatic rings. The lowest BCUT2D eigenvalue weighted by atomic mass is 10.0. The molecule has 0 bridgehead atoms. The monoisotopic (exact) mass is 480 g/mol. The molecule has 1 fully saturated rings. The van der Waals surface area contributed by atoms with Gasteiger partial charge >= 0.3 is 0 Å². The van der Waals surface area contributed by atoms with E-state index in [1.54, 1.807) is 23.3 Å². The maximum Gasteiger partial charge on any atom is 0.255 e. The molecular formula is C28H28N6O2. The van der Waals surface area contributed by atoms with E-state index >= 15 is 0 Å². The van der Waals surface area contributed by atoms with E-state index in [0.29, 0.717) is 17.8 Å². The topological polar surface area (TPSA) is 92.2 Å². The highest BCUT2D eigenvalue weighted by Crippen LogP contribution is 2.24. The van der Waals surface area contributed by atoms with Crippen molar-refractivity contribution < 1.29 is 9.59 Å². The van der Waals surface area contributed by atoms with Gasteiger partial charge in [0.2, 0.25) is 5.91 Å². The third-order valence-corrected chi connectivity index (χ3v) is 6.26. The quantitative estimate of drug-likeness (QED) is 0.420. The molecule has 2 aromatic heterocycles. The van der Waals surface area contributed by atoms with Crippen molar-refractivity contribution in [3.05, 3.63) is 97.0 Å². The van der Waals surface area contributed by atoms with Crippen molar-refractivity contribution in [2.75, 3.05) is 25.0 Å². The van der Waals surface area contributed by atoms with E-state index < -0.39 is 0 Å². The van der Waals surface area contributed by atoms with Gasteiger partial charge in [0.15, 0.2) is 0 Å². The van der Waals surface area contributed by atoms with E-state index in [2.05, 4.69) is 20.5 Å². The number of likely N-dealkylation sites (tertiary alicyclic amines) is 1. The minimum Gasteiger partial charge on any atom is -0.349 e. The standard InChI is InChI=1S/C28H28N6O2/c35-26(30-22-9-3-1-4-10-22)20-33-16-13-23(14-17-33)31-28(36)25-19-34(24-11-5-2-6-12-24)32-27(25)21-8-7-15-29-18-21/h1-12,15,18-19,23H,13-14,16-17,20H2,(H,30,35)(H,31,36). The minimum absolute atomic E-state index is 0.0295. The van der Waals surface area contributed by atoms with E-state index in [4.69, 9.17) is 5.10 Å². The van der Waals surface area contributed by atoms with E-state index in [0.717, 1.165) is 42.9 Å². The second kappa shape index (κ2) is 11.0. The van der Waals surface area contributed by atoms with Crippen molar-refractivity contribution in [3.63, 3.8) is 0 Å². The van der Waals surface area contributed by atoms with Crippen LogP contribution in [0.25, 0.3) is 16.9 Å². The number of para-hydroxylation sites is 2. The first kappa shape index (κ1) is 23.4. The van der Waals surface area contributed by atoms with Crippen LogP contribution < -0.4 is 10.6 Å². The summed E-state index contributed by atoms with van der Waals surface area (Å²) in [5.74, 6) is -0.186. The van der Waals surface area contributed by atoms with Gasteiger partial charge in [-0.25, -0.2) is 4.68 Å². The predicted octanol–water partition coefficient (Wildman–Crippen LogP) is 3.77. The van der Waals surface area contributed by atoms with Crippen LogP contribution in [-0.2, 0) is 4.79 Å². The number of nitrogens with one attached hydrogen (secondary N) is 2. The Morgan fingerprint density at radius 1 is 0.917 bits per heavy atom. The lowest BCUT2D eigenvalue weighted by Gasteiger charge is -2.31. The Morgan fingerprint density at radius 2 is 1.64 bits per heavy atom. The van der Waals surface area contributed by atoms with Gasteiger partial charge in [-0.2, -0.15) is 5.10 Å². The summed E-state index contributed by atoms with van der Waals surface area (Å²) in [6.07, 6.45) is 6.74. The second-order valence-corrected chi connectivity index (χ2v) is 8.85. The molecule has 1 saturated heterocycles. The van der Waals surface area contributed by atoms with Gasteiger partial charge < -0.3 is 10.6 Å². The van der Waals surface area contributed by atoms with Crippen LogP contribution in [-0.4, -0.2) is 57.2 Å². The van der Waals surface area contributed by atoms with Crippen LogP contribution in [0.4, 0.5) is 5.69 Å². The van der Waals surface area contributed by atoms with Gasteiger partial charge in [0.1, 0.15) is 5.69 Å². The lowest BCUT2D eigenvalue weighted by Crippen LogP contribution is -2.46. The van der Waals surface area contributed by atoms with E-state index in [1.165, 1.54) is 0 Å². The highest BCUT2D eigenvalue weighted by Gasteiger charge is 2.25. The van der Waals surface area contributed by atoms with Crippen LogP contribution >= 0.6 is 0 Å². The van der Waals surface area contributed by atoms with Crippen LogP contribution in [0.1, 0.15) is 23.2 Å². The first-order valence-electron chi connectivity index (χ1n) is 12.1. The summed E-state index contributed by atoms with van der Waals surface area (Å²) in [5, 5.41) is 10.8. The molecule has 0 atom stereocenters. The molecule has 2 aromatic carbocycles. The van der Waals surface area contributed by atoms with Crippen LogP contribution in [0.2, 0.25) is 0 Å². The zero-order chi connectivity index (χ0) is 24.7. The van der Waals surface area contributed by atoms with Crippen LogP contribution in [0, 0.1) is 0 Å². The zero-order valence-corrected chi connectivity index (χ0v) is 19.9. The van der Waals surface area contributed by atoms with Crippen molar-refractivity contribution >= 4 is 17.5 Å². The molecule has 36 heavy (non-hydrogen) atoms. The third kappa shape index (κ3) is 5.67. The Hall–Kier alpha value is -4.30. The molecule has 8 heteroatoms. The lowest BCUT2D eigenvalue weighted by molar-refractivity contribution is -0.117. The fourth-order valence-electron chi connectivity index (χ4n) is 4.39. The number of hydrogen-bond acceptors (Lipinski definition) is 5. The van der Waals surface area contributed by atoms with Gasteiger partial charge in [0.05, 0.1) is 17.8 Å². The Labute approximate surface area is 210 Å². The molecule has 0 unspecified atom stereocenters. The van der Waals surface area contributed by atoms with Gasteiger partial charge in [-0.15, -0.1) is 0 Å². The van der Waals surface area contributed by atoms with Crippen molar-refractivity contribution in [3.8, 4) is 16.9 Å². The van der Waals surface area contributed by atoms with Crippen molar-refractivity contribution in [2.45, 2.75) is 18.9 Å². The molecular weight excluding hydrogens is 452 g/mol. The Kier molecular flexibility index (Phi) is 7.14. The molecule has 2 N–H and O–H groups in total. The molecule has 0 saturated carbocycles. The molecule has 182 valence electrons. The number of benzene rings is 2. The summed E-state index contributed by atoms with van der Waals surface area (Å²) < 4.78 is 1.73. The molecule has 8 nitrogen and oxygen atoms in total. The van der Waals surface area contributed by atoms with Gasteiger partial charge in [0, 0.05) is 49.0 Å². The molecule has 2 amide bonds. The number of aromatic nitrogens is 3. The fraction of sp³-hybridized carbons (Fsp3) is 0.214. The number of nitrogens with zero attached hydrogens (tertiary/aromatic N) is 4. The number of anilines is 1. The first-order chi connectivity index (χ1) is 17.7. The maximum absolute atomic E-state index is 13.4. The number of amides is 2. The number of pyridine rings is 1. The maximum atomic E-state index is 13.4. The highest BCUT2D eigenvalue weighted by atomic mass is 16.2. The predicted molar refractivity (Wildman–Crippen MR) is 139 cm³/mol. The number of carbonyl (C=O) groups is 2. The minimum atomic E-state index is -0.156. The zero-order valence-electron chi connectivity index (χ0n) is 19.9. The molecule has 0 radical (unpaired) electrons. The van der Waals surface area contributed by atoms with Gasteiger partial charge in [-0.3, -0.25) is 19.5 Å². The molecule has 0 aliphatic carbocycles. The first-order valence-corrected chi connectivity index (χ1v) is 12.1. The van der Waals surface area contributed by atoms with Crippen LogP contribution in [0.3, 0.4) is 0 Å². The van der Waals surface area contributed by atoms with E-state index in [1.807, 2.05) is 72.8 Å². The average Bonchev–Trinajstić information content (AvgIpc) is 3.37. The van der Waals surface area contributed by atoms with E-state index in [9.17, 15) is 9.59 Å². The summed E-state index contributed by atoms with van der Waals surface area (Å²) in [4.78, 5) is 32.0. The Balaban J connectivity index is 1.22. The van der Waals surface area contributed by atoms with Gasteiger partial charge in [0.25, 0.3) is 5.91 Å². The molecule has 1 aliphatic heterocycles. The summed E-state index contributed by atoms with van der Waals surface area (Å²) in [6.45, 7) is 1.82. The van der Waals surface area contributed by atoms with Crippen molar-refractivity contribution in [2.24, 2.45) is 0 Å². The van der Waals surface area contributed by atoms with Crippen molar-refractivity contribution in [1.29, 1.82) is 0 Å². The Morgan fingerprint density at radius 3 is 2.33 bits per heavy atom. The van der Waals surface area contributed by atoms with Gasteiger partial charge in [-0.1, -0.05) is 36.4 Å². The van der Waals surface area contributed by atoms with Gasteiger partial charge in [-0.05, 0) is 49.2 Å². The SMILES string of the molecule is O=C(CN1CCC(NC(=O)c2cn(-c3ccccc3)nc2-c2cccnc2)CC1)Nc1ccccc1. The number of rotatable bonds is 7. The van der Waals surface area contributed by atoms with Crippen molar-refractivity contribution in [1.82, 2.24) is 25.0 Å². The molecule has 5 rings (SSSR count). The Bertz CT molecular complexity index is 1300. The molecule has 0 spiro atoms. The number of carbonyl (C=O) groups excluding carboxylic acids is 2. The summed E-state index contributed by atoms with van der Waals surface area (Å²) in [7, 11) is 0. The van der Waals surface area contributed by atoms with Crippen LogP contribution in [0.15, 0.2) is 91.4 Å². The highest BCUT2D eigenvalue weighted by molar-refractivity contribution is 6.00. The fourth-order valence-corrected chi connectivity index (χ4v) is 4.39. The second-order valence-electron chi connectivity index (χ2n) is 8.85. The third-order valence-electron chi connectivity index (χ3n) is 6.26. The van der Waals surface area contributed by atoms with Crippen LogP contribution in [0.5, 0.6) is 0 Å². The normalized spacial score (nSPS) is 14.3. The van der Waals surface area contributed by atoms with E-state index in [-0.39, 0.29) is 17.9 Å². The largest absolute Gasteiger partial charge is 0.349 e.